The smallest absolute Gasteiger partial charge is 0.267 e. The Hall–Kier alpha value is -3.15. The number of aromatic nitrogens is 2. The summed E-state index contributed by atoms with van der Waals surface area (Å²) in [6.07, 6.45) is 3.47. The molecule has 0 atom stereocenters. The molecule has 1 saturated heterocycles. The van der Waals surface area contributed by atoms with Crippen molar-refractivity contribution >= 4 is 22.5 Å². The maximum absolute atomic E-state index is 11.3. The highest BCUT2D eigenvalue weighted by Crippen LogP contribution is 2.33. The van der Waals surface area contributed by atoms with Gasteiger partial charge in [-0.3, -0.25) is 14.8 Å². The first-order chi connectivity index (χ1) is 13.5. The van der Waals surface area contributed by atoms with E-state index in [0.717, 1.165) is 37.1 Å². The summed E-state index contributed by atoms with van der Waals surface area (Å²) >= 11 is 0. The lowest BCUT2D eigenvalue weighted by Gasteiger charge is -2.35. The average molecular weight is 376 g/mol. The standard InChI is InChI=1S/C22H24N4O2/c1-14-15(2)25-19-6-4-3-5-18(19)21(14)26-11-8-16(9-12-26)28-17-7-10-24-20(13-17)22(23)27/h3-7,10,13,16H,8-9,11-12H2,1-2H3,(H2,23,27). The quantitative estimate of drug-likeness (QED) is 0.755. The minimum atomic E-state index is -0.546. The second kappa shape index (κ2) is 7.46. The molecule has 2 aromatic heterocycles. The Morgan fingerprint density at radius 1 is 1.18 bits per heavy atom. The van der Waals surface area contributed by atoms with E-state index in [-0.39, 0.29) is 11.8 Å². The monoisotopic (exact) mass is 376 g/mol. The van der Waals surface area contributed by atoms with Crippen LogP contribution in [0.25, 0.3) is 10.9 Å². The molecule has 3 heterocycles. The van der Waals surface area contributed by atoms with Gasteiger partial charge in [-0.1, -0.05) is 18.2 Å². The number of primary amides is 1. The molecular formula is C22H24N4O2. The third-order valence-electron chi connectivity index (χ3n) is 5.39. The molecule has 28 heavy (non-hydrogen) atoms. The summed E-state index contributed by atoms with van der Waals surface area (Å²) in [6.45, 7) is 6.04. The van der Waals surface area contributed by atoms with Gasteiger partial charge in [-0.05, 0) is 31.5 Å². The third kappa shape index (κ3) is 3.50. The van der Waals surface area contributed by atoms with Crippen molar-refractivity contribution in [2.75, 3.05) is 18.0 Å². The van der Waals surface area contributed by atoms with Crippen molar-refractivity contribution in [1.29, 1.82) is 0 Å². The zero-order valence-corrected chi connectivity index (χ0v) is 16.2. The van der Waals surface area contributed by atoms with Crippen LogP contribution in [0.4, 0.5) is 5.69 Å². The molecule has 1 fully saturated rings. The van der Waals surface area contributed by atoms with Crippen LogP contribution in [-0.4, -0.2) is 35.1 Å². The van der Waals surface area contributed by atoms with Gasteiger partial charge in [0.05, 0.1) is 11.2 Å². The van der Waals surface area contributed by atoms with Crippen LogP contribution in [0.3, 0.4) is 0 Å². The van der Waals surface area contributed by atoms with Gasteiger partial charge in [0.15, 0.2) is 0 Å². The van der Waals surface area contributed by atoms with E-state index in [1.54, 1.807) is 18.3 Å². The molecular weight excluding hydrogens is 352 g/mol. The molecule has 0 unspecified atom stereocenters. The Bertz CT molecular complexity index is 1030. The number of anilines is 1. The molecule has 6 heteroatoms. The average Bonchev–Trinajstić information content (AvgIpc) is 2.70. The molecule has 0 aliphatic carbocycles. The number of carbonyl (C=O) groups is 1. The highest BCUT2D eigenvalue weighted by atomic mass is 16.5. The van der Waals surface area contributed by atoms with E-state index in [1.807, 2.05) is 6.07 Å². The maximum atomic E-state index is 11.3. The number of hydrogen-bond acceptors (Lipinski definition) is 5. The fourth-order valence-corrected chi connectivity index (χ4v) is 3.83. The molecule has 1 amide bonds. The SMILES string of the molecule is Cc1nc2ccccc2c(N2CCC(Oc3ccnc(C(N)=O)c3)CC2)c1C. The van der Waals surface area contributed by atoms with Gasteiger partial charge in [0, 0.05) is 49.3 Å². The van der Waals surface area contributed by atoms with Gasteiger partial charge in [0.25, 0.3) is 5.91 Å². The van der Waals surface area contributed by atoms with E-state index in [2.05, 4.69) is 41.9 Å². The van der Waals surface area contributed by atoms with Crippen molar-refractivity contribution in [3.8, 4) is 5.75 Å². The number of piperidine rings is 1. The molecule has 3 aromatic rings. The molecule has 1 aliphatic heterocycles. The number of rotatable bonds is 4. The first-order valence-corrected chi connectivity index (χ1v) is 9.56. The van der Waals surface area contributed by atoms with E-state index in [0.29, 0.717) is 5.75 Å². The van der Waals surface area contributed by atoms with Crippen molar-refractivity contribution in [2.45, 2.75) is 32.8 Å². The van der Waals surface area contributed by atoms with Crippen LogP contribution in [0.2, 0.25) is 0 Å². The molecule has 1 aliphatic rings. The molecule has 144 valence electrons. The maximum Gasteiger partial charge on any atom is 0.267 e. The lowest BCUT2D eigenvalue weighted by atomic mass is 10.0. The molecule has 2 N–H and O–H groups in total. The Kier molecular flexibility index (Phi) is 4.86. The van der Waals surface area contributed by atoms with Crippen LogP contribution < -0.4 is 15.4 Å². The van der Waals surface area contributed by atoms with Crippen molar-refractivity contribution < 1.29 is 9.53 Å². The van der Waals surface area contributed by atoms with E-state index in [4.69, 9.17) is 15.5 Å². The van der Waals surface area contributed by atoms with Gasteiger partial charge in [-0.15, -0.1) is 0 Å². The van der Waals surface area contributed by atoms with Crippen molar-refractivity contribution in [3.63, 3.8) is 0 Å². The van der Waals surface area contributed by atoms with Crippen LogP contribution in [0.5, 0.6) is 5.75 Å². The van der Waals surface area contributed by atoms with E-state index in [1.165, 1.54) is 16.6 Å². The zero-order valence-electron chi connectivity index (χ0n) is 16.2. The van der Waals surface area contributed by atoms with Crippen LogP contribution in [0, 0.1) is 13.8 Å². The summed E-state index contributed by atoms with van der Waals surface area (Å²) in [4.78, 5) is 22.4. The van der Waals surface area contributed by atoms with E-state index >= 15 is 0 Å². The molecule has 1 aromatic carbocycles. The fraction of sp³-hybridized carbons (Fsp3) is 0.318. The number of ether oxygens (including phenoxy) is 1. The number of benzene rings is 1. The van der Waals surface area contributed by atoms with Crippen molar-refractivity contribution in [3.05, 3.63) is 59.5 Å². The number of carbonyl (C=O) groups excluding carboxylic acids is 1. The summed E-state index contributed by atoms with van der Waals surface area (Å²) in [7, 11) is 0. The van der Waals surface area contributed by atoms with Gasteiger partial charge in [-0.2, -0.15) is 0 Å². The Morgan fingerprint density at radius 3 is 2.68 bits per heavy atom. The van der Waals surface area contributed by atoms with Crippen LogP contribution in [0.1, 0.15) is 34.6 Å². The van der Waals surface area contributed by atoms with Gasteiger partial charge < -0.3 is 15.4 Å². The minimum Gasteiger partial charge on any atom is -0.490 e. The Labute approximate surface area is 164 Å². The molecule has 0 radical (unpaired) electrons. The molecule has 0 bridgehead atoms. The van der Waals surface area contributed by atoms with E-state index < -0.39 is 5.91 Å². The van der Waals surface area contributed by atoms with Crippen molar-refractivity contribution in [1.82, 2.24) is 9.97 Å². The minimum absolute atomic E-state index is 0.105. The largest absolute Gasteiger partial charge is 0.490 e. The summed E-state index contributed by atoms with van der Waals surface area (Å²) in [5.74, 6) is 0.0966. The lowest BCUT2D eigenvalue weighted by molar-refractivity contribution is 0.0994. The van der Waals surface area contributed by atoms with Crippen LogP contribution in [-0.2, 0) is 0 Å². The van der Waals surface area contributed by atoms with Crippen LogP contribution >= 0.6 is 0 Å². The number of amides is 1. The number of nitrogens with two attached hydrogens (primary N) is 1. The van der Waals surface area contributed by atoms with Gasteiger partial charge in [0.1, 0.15) is 17.5 Å². The molecule has 0 spiro atoms. The summed E-state index contributed by atoms with van der Waals surface area (Å²) < 4.78 is 6.08. The van der Waals surface area contributed by atoms with Gasteiger partial charge >= 0.3 is 0 Å². The molecule has 4 rings (SSSR count). The number of para-hydroxylation sites is 1. The number of pyridine rings is 2. The zero-order chi connectivity index (χ0) is 19.7. The van der Waals surface area contributed by atoms with Crippen LogP contribution in [0.15, 0.2) is 42.6 Å². The highest BCUT2D eigenvalue weighted by Gasteiger charge is 2.24. The predicted octanol–water partition coefficient (Wildman–Crippen LogP) is 3.39. The number of nitrogens with zero attached hydrogens (tertiary/aromatic N) is 3. The summed E-state index contributed by atoms with van der Waals surface area (Å²) in [6, 6.07) is 11.7. The first-order valence-electron chi connectivity index (χ1n) is 9.56. The fourth-order valence-electron chi connectivity index (χ4n) is 3.83. The summed E-state index contributed by atoms with van der Waals surface area (Å²) in [5.41, 5.74) is 10.2. The molecule has 0 saturated carbocycles. The second-order valence-electron chi connectivity index (χ2n) is 7.23. The first kappa shape index (κ1) is 18.2. The summed E-state index contributed by atoms with van der Waals surface area (Å²) in [5, 5.41) is 1.20. The highest BCUT2D eigenvalue weighted by molar-refractivity contribution is 5.94. The van der Waals surface area contributed by atoms with Gasteiger partial charge in [0.2, 0.25) is 0 Å². The topological polar surface area (TPSA) is 81.3 Å². The lowest BCUT2D eigenvalue weighted by Crippen LogP contribution is -2.38. The third-order valence-corrected chi connectivity index (χ3v) is 5.39. The number of fused-ring (bicyclic) bond motifs is 1. The Balaban J connectivity index is 1.51. The van der Waals surface area contributed by atoms with E-state index in [9.17, 15) is 4.79 Å². The number of hydrogen-bond donors (Lipinski definition) is 1. The second-order valence-corrected chi connectivity index (χ2v) is 7.23. The Morgan fingerprint density at radius 2 is 1.93 bits per heavy atom. The van der Waals surface area contributed by atoms with Gasteiger partial charge in [-0.25, -0.2) is 0 Å². The van der Waals surface area contributed by atoms with Crippen molar-refractivity contribution in [2.24, 2.45) is 5.73 Å². The predicted molar refractivity (Wildman–Crippen MR) is 110 cm³/mol. The normalized spacial score (nSPS) is 15.0. The molecule has 6 nitrogen and oxygen atoms in total. The number of aryl methyl sites for hydroxylation is 1.